The van der Waals surface area contributed by atoms with Crippen molar-refractivity contribution < 1.29 is 13.6 Å². The van der Waals surface area contributed by atoms with Gasteiger partial charge in [0.05, 0.1) is 29.7 Å². The molecule has 1 aliphatic heterocycles. The number of nitriles is 1. The number of halogens is 1. The maximum Gasteiger partial charge on any atom is 0.254 e. The molecule has 140 valence electrons. The number of aryl methyl sites for hydroxylation is 1. The molecule has 3 N–H and O–H groups in total. The molecule has 6 nitrogen and oxygen atoms in total. The van der Waals surface area contributed by atoms with Gasteiger partial charge in [-0.1, -0.05) is 6.07 Å². The van der Waals surface area contributed by atoms with Crippen molar-refractivity contribution in [2.45, 2.75) is 44.3 Å². The Balaban J connectivity index is 1.49. The van der Waals surface area contributed by atoms with E-state index in [4.69, 9.17) is 9.68 Å². The highest BCUT2D eigenvalue weighted by Gasteiger charge is 2.41. The van der Waals surface area contributed by atoms with Crippen molar-refractivity contribution in [3.63, 3.8) is 0 Å². The van der Waals surface area contributed by atoms with E-state index in [0.29, 0.717) is 17.5 Å². The van der Waals surface area contributed by atoms with Gasteiger partial charge in [-0.05, 0) is 49.8 Å². The van der Waals surface area contributed by atoms with Crippen LogP contribution in [0.1, 0.15) is 52.4 Å². The largest absolute Gasteiger partial charge is 0.472 e. The standard InChI is InChI=1S/C20H21FN4O2/c1-11-2-3-12(9-22)18(21)17(11)20(26)23-14-4-5-16-15(8-14)19(25-24-16)13-6-7-27-10-13/h2-3,6-7,10,14-16,19,24-25H,4-5,8H2,1H3,(H,23,26). The van der Waals surface area contributed by atoms with Gasteiger partial charge in [-0.25, -0.2) is 9.82 Å². The molecule has 0 radical (unpaired) electrons. The van der Waals surface area contributed by atoms with Gasteiger partial charge in [-0.3, -0.25) is 10.2 Å². The van der Waals surface area contributed by atoms with Crippen LogP contribution < -0.4 is 16.2 Å². The smallest absolute Gasteiger partial charge is 0.254 e. The second kappa shape index (κ2) is 7.14. The maximum absolute atomic E-state index is 14.5. The van der Waals surface area contributed by atoms with E-state index in [9.17, 15) is 9.18 Å². The third-order valence-corrected chi connectivity index (χ3v) is 5.69. The zero-order chi connectivity index (χ0) is 19.0. The first-order valence-corrected chi connectivity index (χ1v) is 9.11. The summed E-state index contributed by atoms with van der Waals surface area (Å²) >= 11 is 0. The first kappa shape index (κ1) is 17.7. The van der Waals surface area contributed by atoms with E-state index in [1.54, 1.807) is 31.6 Å². The number of carbonyl (C=O) groups excluding carboxylic acids is 1. The molecule has 0 spiro atoms. The highest BCUT2D eigenvalue weighted by molar-refractivity contribution is 5.96. The van der Waals surface area contributed by atoms with E-state index in [1.165, 1.54) is 6.07 Å². The summed E-state index contributed by atoms with van der Waals surface area (Å²) in [5.74, 6) is -0.897. The van der Waals surface area contributed by atoms with Gasteiger partial charge in [0.2, 0.25) is 0 Å². The number of benzene rings is 1. The van der Waals surface area contributed by atoms with Gasteiger partial charge in [0.15, 0.2) is 5.82 Å². The van der Waals surface area contributed by atoms with Crippen molar-refractivity contribution in [2.75, 3.05) is 0 Å². The van der Waals surface area contributed by atoms with E-state index < -0.39 is 11.7 Å². The van der Waals surface area contributed by atoms with Crippen molar-refractivity contribution in [2.24, 2.45) is 5.92 Å². The number of rotatable bonds is 3. The molecule has 7 heteroatoms. The average Bonchev–Trinajstić information content (AvgIpc) is 3.31. The van der Waals surface area contributed by atoms with Gasteiger partial charge in [0, 0.05) is 17.6 Å². The third-order valence-electron chi connectivity index (χ3n) is 5.69. The molecular weight excluding hydrogens is 347 g/mol. The van der Waals surface area contributed by atoms with E-state index >= 15 is 0 Å². The van der Waals surface area contributed by atoms with Crippen molar-refractivity contribution in [3.8, 4) is 6.07 Å². The Labute approximate surface area is 156 Å². The summed E-state index contributed by atoms with van der Waals surface area (Å²) in [6, 6.07) is 7.15. The SMILES string of the molecule is Cc1ccc(C#N)c(F)c1C(=O)NC1CCC2NNC(c3ccoc3)C2C1. The predicted octanol–water partition coefficient (Wildman–Crippen LogP) is 2.72. The first-order chi connectivity index (χ1) is 13.1. The van der Waals surface area contributed by atoms with Crippen LogP contribution in [0, 0.1) is 30.0 Å². The first-order valence-electron chi connectivity index (χ1n) is 9.11. The lowest BCUT2D eigenvalue weighted by molar-refractivity contribution is 0.0910. The number of hydrogen-bond acceptors (Lipinski definition) is 5. The van der Waals surface area contributed by atoms with Gasteiger partial charge in [-0.2, -0.15) is 5.26 Å². The van der Waals surface area contributed by atoms with Crippen LogP contribution in [0.25, 0.3) is 0 Å². The molecule has 4 unspecified atom stereocenters. The van der Waals surface area contributed by atoms with Crippen molar-refractivity contribution >= 4 is 5.91 Å². The van der Waals surface area contributed by atoms with Crippen molar-refractivity contribution in [1.29, 1.82) is 5.26 Å². The number of nitrogens with one attached hydrogen (secondary N) is 3. The Morgan fingerprint density at radius 1 is 1.33 bits per heavy atom. The summed E-state index contributed by atoms with van der Waals surface area (Å²) in [5, 5.41) is 12.0. The predicted molar refractivity (Wildman–Crippen MR) is 96.0 cm³/mol. The molecule has 1 amide bonds. The molecule has 2 heterocycles. The number of hydrazine groups is 1. The molecule has 27 heavy (non-hydrogen) atoms. The van der Waals surface area contributed by atoms with Gasteiger partial charge < -0.3 is 9.73 Å². The Morgan fingerprint density at radius 2 is 2.19 bits per heavy atom. The normalized spacial score (nSPS) is 27.0. The van der Waals surface area contributed by atoms with E-state index in [-0.39, 0.29) is 23.2 Å². The van der Waals surface area contributed by atoms with Crippen LogP contribution in [-0.4, -0.2) is 18.0 Å². The molecule has 1 saturated heterocycles. The molecule has 0 bridgehead atoms. The van der Waals surface area contributed by atoms with Crippen LogP contribution in [0.4, 0.5) is 4.39 Å². The van der Waals surface area contributed by atoms with Crippen LogP contribution in [0.2, 0.25) is 0 Å². The second-order valence-electron chi connectivity index (χ2n) is 7.31. The van der Waals surface area contributed by atoms with E-state index in [1.807, 2.05) is 6.07 Å². The Kier molecular flexibility index (Phi) is 4.68. The highest BCUT2D eigenvalue weighted by Crippen LogP contribution is 2.38. The molecule has 1 aliphatic carbocycles. The minimum Gasteiger partial charge on any atom is -0.472 e. The fourth-order valence-electron chi connectivity index (χ4n) is 4.27. The summed E-state index contributed by atoms with van der Waals surface area (Å²) < 4.78 is 19.7. The van der Waals surface area contributed by atoms with Crippen LogP contribution in [0.3, 0.4) is 0 Å². The number of furan rings is 1. The van der Waals surface area contributed by atoms with Crippen LogP contribution in [0.5, 0.6) is 0 Å². The van der Waals surface area contributed by atoms with Gasteiger partial charge in [0.1, 0.15) is 6.07 Å². The summed E-state index contributed by atoms with van der Waals surface area (Å²) in [5.41, 5.74) is 8.11. The number of carbonyl (C=O) groups is 1. The summed E-state index contributed by atoms with van der Waals surface area (Å²) in [6.07, 6.45) is 5.90. The lowest BCUT2D eigenvalue weighted by Gasteiger charge is -2.33. The zero-order valence-electron chi connectivity index (χ0n) is 15.0. The molecule has 2 fully saturated rings. The molecule has 2 aromatic rings. The Morgan fingerprint density at radius 3 is 2.93 bits per heavy atom. The fraction of sp³-hybridized carbons (Fsp3) is 0.400. The molecule has 4 rings (SSSR count). The Bertz CT molecular complexity index is 890. The highest BCUT2D eigenvalue weighted by atomic mass is 19.1. The topological polar surface area (TPSA) is 90.1 Å². The minimum atomic E-state index is -0.746. The minimum absolute atomic E-state index is 0.0368. The van der Waals surface area contributed by atoms with Crippen LogP contribution >= 0.6 is 0 Å². The van der Waals surface area contributed by atoms with Crippen molar-refractivity contribution in [3.05, 3.63) is 58.8 Å². The van der Waals surface area contributed by atoms with Gasteiger partial charge >= 0.3 is 0 Å². The summed E-state index contributed by atoms with van der Waals surface area (Å²) in [6.45, 7) is 1.68. The molecule has 2 aliphatic rings. The van der Waals surface area contributed by atoms with Gasteiger partial charge in [-0.15, -0.1) is 0 Å². The number of fused-ring (bicyclic) bond motifs is 1. The van der Waals surface area contributed by atoms with Crippen LogP contribution in [0.15, 0.2) is 35.1 Å². The number of amides is 1. The molecule has 1 saturated carbocycles. The molecule has 4 atom stereocenters. The monoisotopic (exact) mass is 368 g/mol. The second-order valence-corrected chi connectivity index (χ2v) is 7.31. The molecule has 1 aromatic heterocycles. The lowest BCUT2D eigenvalue weighted by Crippen LogP contribution is -2.44. The maximum atomic E-state index is 14.5. The summed E-state index contributed by atoms with van der Waals surface area (Å²) in [4.78, 5) is 12.7. The zero-order valence-corrected chi connectivity index (χ0v) is 15.0. The Hall–Kier alpha value is -2.69. The molecular formula is C20H21FN4O2. The summed E-state index contributed by atoms with van der Waals surface area (Å²) in [7, 11) is 0. The average molecular weight is 368 g/mol. The van der Waals surface area contributed by atoms with E-state index in [2.05, 4.69) is 16.2 Å². The molecule has 1 aromatic carbocycles. The quantitative estimate of drug-likeness (QED) is 0.775. The van der Waals surface area contributed by atoms with E-state index in [0.717, 1.165) is 24.8 Å². The fourth-order valence-corrected chi connectivity index (χ4v) is 4.27. The van der Waals surface area contributed by atoms with Crippen molar-refractivity contribution in [1.82, 2.24) is 16.2 Å². The van der Waals surface area contributed by atoms with Crippen LogP contribution in [-0.2, 0) is 0 Å². The van der Waals surface area contributed by atoms with Gasteiger partial charge in [0.25, 0.3) is 5.91 Å². The lowest BCUT2D eigenvalue weighted by atomic mass is 9.77. The number of nitrogens with zero attached hydrogens (tertiary/aromatic N) is 1. The third kappa shape index (κ3) is 3.22. The number of hydrogen-bond donors (Lipinski definition) is 3.